The standard InChI is InChI=1S/C9H7N7OS/c10-7(18)8-11-3-4-15(8)6-2-1-5-12-13-9(17)16(5)14-6/h1-4H,(H2,10,18)(H,13,17). The second kappa shape index (κ2) is 3.74. The molecule has 0 bridgehead atoms. The fourth-order valence-electron chi connectivity index (χ4n) is 1.59. The second-order valence-electron chi connectivity index (χ2n) is 3.48. The normalized spacial score (nSPS) is 10.9. The highest BCUT2D eigenvalue weighted by Gasteiger charge is 2.10. The zero-order chi connectivity index (χ0) is 12.7. The molecule has 0 aliphatic carbocycles. The highest BCUT2D eigenvalue weighted by atomic mass is 32.1. The number of imidazole rings is 1. The Hall–Kier alpha value is -2.55. The molecule has 90 valence electrons. The number of fused-ring (bicyclic) bond motifs is 1. The molecule has 3 rings (SSSR count). The van der Waals surface area contributed by atoms with Crippen LogP contribution in [0.2, 0.25) is 0 Å². The average molecular weight is 261 g/mol. The number of thiocarbonyl (C=S) groups is 1. The van der Waals surface area contributed by atoms with E-state index in [1.54, 1.807) is 29.1 Å². The number of hydrogen-bond donors (Lipinski definition) is 2. The Bertz CT molecular complexity index is 798. The average Bonchev–Trinajstić information content (AvgIpc) is 2.96. The Balaban J connectivity index is 2.25. The van der Waals surface area contributed by atoms with Crippen LogP contribution in [0, 0.1) is 0 Å². The Labute approximate surface area is 105 Å². The van der Waals surface area contributed by atoms with Gasteiger partial charge in [-0.25, -0.2) is 14.9 Å². The van der Waals surface area contributed by atoms with Gasteiger partial charge in [0.25, 0.3) is 0 Å². The van der Waals surface area contributed by atoms with Crippen LogP contribution in [0.1, 0.15) is 5.82 Å². The van der Waals surface area contributed by atoms with Crippen molar-refractivity contribution in [3.8, 4) is 5.82 Å². The van der Waals surface area contributed by atoms with Crippen molar-refractivity contribution in [2.45, 2.75) is 0 Å². The highest BCUT2D eigenvalue weighted by Crippen LogP contribution is 2.07. The first-order valence-corrected chi connectivity index (χ1v) is 5.35. The number of H-pyrrole nitrogens is 1. The van der Waals surface area contributed by atoms with Gasteiger partial charge in [0.2, 0.25) is 0 Å². The molecule has 18 heavy (non-hydrogen) atoms. The van der Waals surface area contributed by atoms with E-state index in [0.717, 1.165) is 4.52 Å². The number of aromatic nitrogens is 6. The summed E-state index contributed by atoms with van der Waals surface area (Å²) >= 11 is 4.89. The quantitative estimate of drug-likeness (QED) is 0.587. The monoisotopic (exact) mass is 261 g/mol. The number of aromatic amines is 1. The summed E-state index contributed by atoms with van der Waals surface area (Å²) in [7, 11) is 0. The lowest BCUT2D eigenvalue weighted by Gasteiger charge is -2.04. The van der Waals surface area contributed by atoms with Crippen LogP contribution in [0.3, 0.4) is 0 Å². The van der Waals surface area contributed by atoms with Crippen LogP contribution in [-0.2, 0) is 0 Å². The molecule has 0 aliphatic rings. The van der Waals surface area contributed by atoms with Gasteiger partial charge in [-0.15, -0.1) is 5.10 Å². The first-order chi connectivity index (χ1) is 8.66. The summed E-state index contributed by atoms with van der Waals surface area (Å²) < 4.78 is 2.75. The van der Waals surface area contributed by atoms with Crippen LogP contribution in [0.5, 0.6) is 0 Å². The minimum absolute atomic E-state index is 0.154. The minimum Gasteiger partial charge on any atom is -0.387 e. The number of hydrogen-bond acceptors (Lipinski definition) is 5. The SMILES string of the molecule is NC(=S)c1nccn1-c1ccc2n[nH]c(=O)n2n1. The molecule has 3 aromatic heterocycles. The van der Waals surface area contributed by atoms with E-state index in [1.165, 1.54) is 0 Å². The van der Waals surface area contributed by atoms with Crippen molar-refractivity contribution in [2.24, 2.45) is 5.73 Å². The molecule has 0 saturated carbocycles. The van der Waals surface area contributed by atoms with E-state index in [-0.39, 0.29) is 4.99 Å². The molecule has 0 amide bonds. The largest absolute Gasteiger partial charge is 0.387 e. The Kier molecular flexibility index (Phi) is 2.20. The Morgan fingerprint density at radius 1 is 1.44 bits per heavy atom. The topological polar surface area (TPSA) is 107 Å². The maximum absolute atomic E-state index is 11.4. The van der Waals surface area contributed by atoms with E-state index in [9.17, 15) is 4.79 Å². The van der Waals surface area contributed by atoms with E-state index in [4.69, 9.17) is 18.0 Å². The van der Waals surface area contributed by atoms with Gasteiger partial charge in [0.05, 0.1) is 0 Å². The van der Waals surface area contributed by atoms with Crippen molar-refractivity contribution in [2.75, 3.05) is 0 Å². The molecular formula is C9H7N7OS. The van der Waals surface area contributed by atoms with Gasteiger partial charge in [-0.1, -0.05) is 12.2 Å². The molecule has 3 aromatic rings. The fourth-order valence-corrected chi connectivity index (χ4v) is 1.74. The third-order valence-electron chi connectivity index (χ3n) is 2.37. The lowest BCUT2D eigenvalue weighted by atomic mass is 10.5. The predicted octanol–water partition coefficient (Wildman–Crippen LogP) is -0.763. The predicted molar refractivity (Wildman–Crippen MR) is 66.6 cm³/mol. The van der Waals surface area contributed by atoms with Gasteiger partial charge >= 0.3 is 5.69 Å². The molecule has 0 radical (unpaired) electrons. The van der Waals surface area contributed by atoms with Gasteiger partial charge in [-0.2, -0.15) is 9.61 Å². The summed E-state index contributed by atoms with van der Waals surface area (Å²) in [4.78, 5) is 15.6. The summed E-state index contributed by atoms with van der Waals surface area (Å²) in [5.41, 5.74) is 5.57. The maximum Gasteiger partial charge on any atom is 0.364 e. The molecule has 0 fully saturated rings. The molecule has 8 nitrogen and oxygen atoms in total. The molecule has 3 heterocycles. The van der Waals surface area contributed by atoms with Gasteiger partial charge in [0.15, 0.2) is 17.3 Å². The van der Waals surface area contributed by atoms with E-state index < -0.39 is 5.69 Å². The number of nitrogens with zero attached hydrogens (tertiary/aromatic N) is 5. The minimum atomic E-state index is -0.413. The number of nitrogens with two attached hydrogens (primary N) is 1. The van der Waals surface area contributed by atoms with Crippen LogP contribution < -0.4 is 11.4 Å². The lowest BCUT2D eigenvalue weighted by Crippen LogP contribution is -2.18. The van der Waals surface area contributed by atoms with Crippen molar-refractivity contribution >= 4 is 22.9 Å². The first kappa shape index (κ1) is 10.6. The van der Waals surface area contributed by atoms with Crippen LogP contribution >= 0.6 is 12.2 Å². The summed E-state index contributed by atoms with van der Waals surface area (Å²) in [5.74, 6) is 0.889. The molecule has 0 saturated heterocycles. The second-order valence-corrected chi connectivity index (χ2v) is 3.92. The molecule has 0 aliphatic heterocycles. The zero-order valence-corrected chi connectivity index (χ0v) is 9.76. The third-order valence-corrected chi connectivity index (χ3v) is 2.55. The lowest BCUT2D eigenvalue weighted by molar-refractivity contribution is 0.829. The van der Waals surface area contributed by atoms with Crippen molar-refractivity contribution in [1.29, 1.82) is 0 Å². The van der Waals surface area contributed by atoms with Crippen LogP contribution in [0.15, 0.2) is 29.3 Å². The van der Waals surface area contributed by atoms with Crippen molar-refractivity contribution in [3.05, 3.63) is 40.8 Å². The summed E-state index contributed by atoms with van der Waals surface area (Å²) in [6, 6.07) is 3.35. The summed E-state index contributed by atoms with van der Waals surface area (Å²) in [6.07, 6.45) is 3.21. The van der Waals surface area contributed by atoms with E-state index in [1.807, 2.05) is 0 Å². The molecule has 9 heteroatoms. The molecule has 0 spiro atoms. The van der Waals surface area contributed by atoms with E-state index in [2.05, 4.69) is 20.3 Å². The number of rotatable bonds is 2. The van der Waals surface area contributed by atoms with Crippen LogP contribution in [0.25, 0.3) is 11.5 Å². The zero-order valence-electron chi connectivity index (χ0n) is 8.94. The fraction of sp³-hybridized carbons (Fsp3) is 0. The highest BCUT2D eigenvalue weighted by molar-refractivity contribution is 7.80. The van der Waals surface area contributed by atoms with E-state index in [0.29, 0.717) is 17.3 Å². The van der Waals surface area contributed by atoms with Crippen LogP contribution in [-0.4, -0.2) is 34.4 Å². The van der Waals surface area contributed by atoms with Gasteiger partial charge in [0, 0.05) is 12.4 Å². The molecule has 0 atom stereocenters. The maximum atomic E-state index is 11.4. The van der Waals surface area contributed by atoms with Gasteiger partial charge < -0.3 is 5.73 Å². The molecule has 0 aromatic carbocycles. The molecule has 3 N–H and O–H groups in total. The van der Waals surface area contributed by atoms with Crippen molar-refractivity contribution in [3.63, 3.8) is 0 Å². The van der Waals surface area contributed by atoms with Gasteiger partial charge in [0.1, 0.15) is 4.99 Å². The summed E-state index contributed by atoms with van der Waals surface area (Å²) in [6.45, 7) is 0. The van der Waals surface area contributed by atoms with Gasteiger partial charge in [-0.05, 0) is 12.1 Å². The molecular weight excluding hydrogens is 254 g/mol. The van der Waals surface area contributed by atoms with Crippen molar-refractivity contribution in [1.82, 2.24) is 29.4 Å². The van der Waals surface area contributed by atoms with Crippen molar-refractivity contribution < 1.29 is 0 Å². The van der Waals surface area contributed by atoms with Crippen LogP contribution in [0.4, 0.5) is 0 Å². The van der Waals surface area contributed by atoms with Gasteiger partial charge in [-0.3, -0.25) is 4.57 Å². The Morgan fingerprint density at radius 3 is 3.06 bits per heavy atom. The number of nitrogens with one attached hydrogen (secondary N) is 1. The molecule has 0 unspecified atom stereocenters. The first-order valence-electron chi connectivity index (χ1n) is 4.95. The summed E-state index contributed by atoms with van der Waals surface area (Å²) in [5, 5.41) is 10.2. The Morgan fingerprint density at radius 2 is 2.28 bits per heavy atom. The van der Waals surface area contributed by atoms with E-state index >= 15 is 0 Å². The third kappa shape index (κ3) is 1.49. The smallest absolute Gasteiger partial charge is 0.364 e.